The van der Waals surface area contributed by atoms with Crippen LogP contribution in [0.1, 0.15) is 54.2 Å². The topological polar surface area (TPSA) is 90.1 Å². The number of rotatable bonds is 6. The lowest BCUT2D eigenvalue weighted by molar-refractivity contribution is -0.925. The molecule has 1 aliphatic heterocycles. The molecule has 1 aliphatic rings. The van der Waals surface area contributed by atoms with Crippen molar-refractivity contribution < 1.29 is 9.64 Å². The summed E-state index contributed by atoms with van der Waals surface area (Å²) < 4.78 is 7.03. The molecule has 0 unspecified atom stereocenters. The van der Waals surface area contributed by atoms with Crippen molar-refractivity contribution in [1.29, 1.82) is 0 Å². The second-order valence-corrected chi connectivity index (χ2v) is 8.36. The van der Waals surface area contributed by atoms with E-state index in [2.05, 4.69) is 39.6 Å². The first-order valence-corrected chi connectivity index (χ1v) is 10.8. The standard InChI is InChI=1S/C22H30N6O2/c1-15-12-16(2)17-14-18(22(29)23-19(17)13-15)20(27-8-6-4-5-7-9-27)21-24-25-26-28(21)10-11-30-3/h12-14,20H,4-11H2,1-3H3,(H,23,29)/p+1/t20-/m1/s1. The number of methoxy groups -OCH3 is 1. The van der Waals surface area contributed by atoms with Gasteiger partial charge in [0.15, 0.2) is 6.04 Å². The predicted molar refractivity (Wildman–Crippen MR) is 115 cm³/mol. The Kier molecular flexibility index (Phi) is 6.24. The summed E-state index contributed by atoms with van der Waals surface area (Å²) in [6, 6.07) is 6.04. The molecule has 30 heavy (non-hydrogen) atoms. The van der Waals surface area contributed by atoms with Gasteiger partial charge in [0.25, 0.3) is 5.56 Å². The summed E-state index contributed by atoms with van der Waals surface area (Å²) in [4.78, 5) is 17.8. The molecule has 8 heteroatoms. The average molecular weight is 412 g/mol. The number of hydrogen-bond acceptors (Lipinski definition) is 5. The number of hydrogen-bond donors (Lipinski definition) is 2. The zero-order valence-corrected chi connectivity index (χ0v) is 18.1. The molecule has 1 aromatic carbocycles. The molecule has 0 spiro atoms. The smallest absolute Gasteiger partial charge is 0.258 e. The number of benzene rings is 1. The van der Waals surface area contributed by atoms with Gasteiger partial charge in [-0.2, -0.15) is 0 Å². The predicted octanol–water partition coefficient (Wildman–Crippen LogP) is 1.33. The van der Waals surface area contributed by atoms with Gasteiger partial charge in [0, 0.05) is 18.0 Å². The van der Waals surface area contributed by atoms with Crippen LogP contribution in [-0.2, 0) is 11.3 Å². The van der Waals surface area contributed by atoms with Crippen molar-refractivity contribution in [3.63, 3.8) is 0 Å². The Balaban J connectivity index is 1.86. The van der Waals surface area contributed by atoms with Gasteiger partial charge in [0.05, 0.1) is 31.8 Å². The summed E-state index contributed by atoms with van der Waals surface area (Å²) in [7, 11) is 1.67. The van der Waals surface area contributed by atoms with Crippen LogP contribution in [0.5, 0.6) is 0 Å². The minimum Gasteiger partial charge on any atom is -0.383 e. The number of aromatic nitrogens is 5. The van der Waals surface area contributed by atoms with E-state index < -0.39 is 0 Å². The van der Waals surface area contributed by atoms with Crippen LogP contribution in [0.2, 0.25) is 0 Å². The van der Waals surface area contributed by atoms with E-state index in [0.29, 0.717) is 13.2 Å². The second-order valence-electron chi connectivity index (χ2n) is 8.36. The molecule has 2 aromatic heterocycles. The highest BCUT2D eigenvalue weighted by Gasteiger charge is 2.34. The van der Waals surface area contributed by atoms with Crippen LogP contribution >= 0.6 is 0 Å². The van der Waals surface area contributed by atoms with Crippen LogP contribution in [0.15, 0.2) is 23.0 Å². The molecule has 4 rings (SSSR count). The van der Waals surface area contributed by atoms with Gasteiger partial charge < -0.3 is 14.6 Å². The molecular formula is C22H31N6O2+. The van der Waals surface area contributed by atoms with Crippen LogP contribution in [-0.4, -0.2) is 52.0 Å². The van der Waals surface area contributed by atoms with Gasteiger partial charge in [0.2, 0.25) is 5.82 Å². The minimum absolute atomic E-state index is 0.0597. The normalized spacial score (nSPS) is 16.6. The van der Waals surface area contributed by atoms with Crippen molar-refractivity contribution in [2.24, 2.45) is 0 Å². The minimum atomic E-state index is -0.205. The third-order valence-corrected chi connectivity index (χ3v) is 6.13. The second kappa shape index (κ2) is 9.06. The fraction of sp³-hybridized carbons (Fsp3) is 0.545. The lowest BCUT2D eigenvalue weighted by atomic mass is 10.00. The Morgan fingerprint density at radius 1 is 1.17 bits per heavy atom. The number of aryl methyl sites for hydroxylation is 2. The quantitative estimate of drug-likeness (QED) is 0.639. The first-order valence-electron chi connectivity index (χ1n) is 10.8. The molecule has 0 aliphatic carbocycles. The fourth-order valence-corrected chi connectivity index (χ4v) is 4.67. The Labute approximate surface area is 176 Å². The highest BCUT2D eigenvalue weighted by atomic mass is 16.5. The van der Waals surface area contributed by atoms with Crippen molar-refractivity contribution in [3.05, 3.63) is 51.1 Å². The number of quaternary nitrogens is 1. The zero-order valence-electron chi connectivity index (χ0n) is 18.1. The molecule has 160 valence electrons. The highest BCUT2D eigenvalue weighted by molar-refractivity contribution is 5.83. The summed E-state index contributed by atoms with van der Waals surface area (Å²) in [5, 5.41) is 13.6. The van der Waals surface area contributed by atoms with Gasteiger partial charge in [-0.3, -0.25) is 4.79 Å². The van der Waals surface area contributed by atoms with Crippen molar-refractivity contribution in [2.45, 2.75) is 52.1 Å². The summed E-state index contributed by atoms with van der Waals surface area (Å²) in [5.41, 5.74) is 3.85. The molecule has 3 aromatic rings. The van der Waals surface area contributed by atoms with E-state index in [1.165, 1.54) is 17.7 Å². The van der Waals surface area contributed by atoms with Gasteiger partial charge in [0.1, 0.15) is 0 Å². The number of ether oxygens (including phenoxy) is 1. The molecular weight excluding hydrogens is 380 g/mol. The molecule has 1 atom stereocenters. The SMILES string of the molecule is COCCn1nnnc1[C@@H](c1cc2c(C)cc(C)cc2[nH]c1=O)[NH+]1CCCCCC1. The first-order chi connectivity index (χ1) is 14.6. The van der Waals surface area contributed by atoms with Gasteiger partial charge in [-0.1, -0.05) is 6.07 Å². The van der Waals surface area contributed by atoms with Gasteiger partial charge in [-0.25, -0.2) is 4.68 Å². The fourth-order valence-electron chi connectivity index (χ4n) is 4.67. The first kappa shape index (κ1) is 20.7. The largest absolute Gasteiger partial charge is 0.383 e. The Hall–Kier alpha value is -2.58. The van der Waals surface area contributed by atoms with Crippen LogP contribution in [0.25, 0.3) is 10.9 Å². The number of fused-ring (bicyclic) bond motifs is 1. The van der Waals surface area contributed by atoms with E-state index in [-0.39, 0.29) is 11.6 Å². The number of pyridine rings is 1. The van der Waals surface area contributed by atoms with Crippen LogP contribution in [0, 0.1) is 13.8 Å². The lowest BCUT2D eigenvalue weighted by Gasteiger charge is -2.26. The molecule has 0 radical (unpaired) electrons. The molecule has 0 saturated carbocycles. The number of H-pyrrole nitrogens is 1. The van der Waals surface area contributed by atoms with Gasteiger partial charge >= 0.3 is 0 Å². The Bertz CT molecular complexity index is 1070. The maximum atomic E-state index is 13.3. The maximum absolute atomic E-state index is 13.3. The van der Waals surface area contributed by atoms with E-state index in [9.17, 15) is 4.79 Å². The van der Waals surface area contributed by atoms with Gasteiger partial charge in [-0.15, -0.1) is 5.10 Å². The van der Waals surface area contributed by atoms with Crippen molar-refractivity contribution in [2.75, 3.05) is 26.8 Å². The summed E-state index contributed by atoms with van der Waals surface area (Å²) >= 11 is 0. The van der Waals surface area contributed by atoms with Gasteiger partial charge in [-0.05, 0) is 73.2 Å². The van der Waals surface area contributed by atoms with E-state index >= 15 is 0 Å². The highest BCUT2D eigenvalue weighted by Crippen LogP contribution is 2.22. The number of aromatic amines is 1. The summed E-state index contributed by atoms with van der Waals surface area (Å²) in [6.45, 7) is 7.23. The monoisotopic (exact) mass is 411 g/mol. The Morgan fingerprint density at radius 3 is 2.67 bits per heavy atom. The molecule has 8 nitrogen and oxygen atoms in total. The van der Waals surface area contributed by atoms with Crippen LogP contribution < -0.4 is 10.5 Å². The number of nitrogens with zero attached hydrogens (tertiary/aromatic N) is 4. The number of likely N-dealkylation sites (tertiary alicyclic amines) is 1. The maximum Gasteiger partial charge on any atom is 0.258 e. The number of tetrazole rings is 1. The molecule has 2 N–H and O–H groups in total. The van der Waals surface area contributed by atoms with Crippen molar-refractivity contribution >= 4 is 10.9 Å². The zero-order chi connectivity index (χ0) is 21.1. The van der Waals surface area contributed by atoms with E-state index in [1.54, 1.807) is 11.8 Å². The van der Waals surface area contributed by atoms with Crippen molar-refractivity contribution in [1.82, 2.24) is 25.2 Å². The molecule has 0 amide bonds. The molecule has 0 bridgehead atoms. The van der Waals surface area contributed by atoms with E-state index in [0.717, 1.165) is 59.3 Å². The van der Waals surface area contributed by atoms with E-state index in [1.807, 2.05) is 13.0 Å². The third-order valence-electron chi connectivity index (χ3n) is 6.13. The molecule has 3 heterocycles. The van der Waals surface area contributed by atoms with Crippen molar-refractivity contribution in [3.8, 4) is 0 Å². The lowest BCUT2D eigenvalue weighted by Crippen LogP contribution is -3.12. The Morgan fingerprint density at radius 2 is 1.93 bits per heavy atom. The number of nitrogens with one attached hydrogen (secondary N) is 2. The van der Waals surface area contributed by atoms with Crippen LogP contribution in [0.3, 0.4) is 0 Å². The summed E-state index contributed by atoms with van der Waals surface area (Å²) in [6.07, 6.45) is 4.76. The van der Waals surface area contributed by atoms with E-state index in [4.69, 9.17) is 4.74 Å². The molecule has 1 fully saturated rings. The van der Waals surface area contributed by atoms with Crippen LogP contribution in [0.4, 0.5) is 0 Å². The average Bonchev–Trinajstić information content (AvgIpc) is 3.00. The summed E-state index contributed by atoms with van der Waals surface area (Å²) in [5.74, 6) is 0.735. The third kappa shape index (κ3) is 4.15. The molecule has 1 saturated heterocycles.